The maximum Gasteiger partial charge on any atom is 0.318 e. The fraction of sp³-hybridized carbons (Fsp3) is 0.235. The second-order valence-corrected chi connectivity index (χ2v) is 6.03. The van der Waals surface area contributed by atoms with Crippen LogP contribution in [0.3, 0.4) is 0 Å². The molecule has 0 atom stereocenters. The molecule has 0 saturated carbocycles. The van der Waals surface area contributed by atoms with Crippen LogP contribution in [0.2, 0.25) is 0 Å². The van der Waals surface area contributed by atoms with Crippen molar-refractivity contribution in [1.82, 2.24) is 0 Å². The lowest BCUT2D eigenvalue weighted by molar-refractivity contribution is -0.149. The van der Waals surface area contributed by atoms with Gasteiger partial charge in [0, 0.05) is 4.88 Å². The second-order valence-electron chi connectivity index (χ2n) is 5.06. The number of esters is 1. The Balaban J connectivity index is 2.37. The van der Waals surface area contributed by atoms with Crippen LogP contribution < -0.4 is 4.74 Å². The Labute approximate surface area is 128 Å². The topological polar surface area (TPSA) is 35.5 Å². The maximum atomic E-state index is 12.1. The predicted molar refractivity (Wildman–Crippen MR) is 85.2 cm³/mol. The number of benzene rings is 1. The van der Waals surface area contributed by atoms with Crippen molar-refractivity contribution in [3.63, 3.8) is 0 Å². The molecule has 0 aliphatic rings. The summed E-state index contributed by atoms with van der Waals surface area (Å²) >= 11 is 1.59. The summed E-state index contributed by atoms with van der Waals surface area (Å²) in [4.78, 5) is 13.1. The summed E-state index contributed by atoms with van der Waals surface area (Å²) in [5.41, 5.74) is -0.866. The Morgan fingerprint density at radius 1 is 1.14 bits per heavy atom. The van der Waals surface area contributed by atoms with Gasteiger partial charge in [0.2, 0.25) is 0 Å². The van der Waals surface area contributed by atoms with Gasteiger partial charge in [-0.15, -0.1) is 11.3 Å². The Morgan fingerprint density at radius 2 is 1.86 bits per heavy atom. The number of rotatable bonds is 5. The van der Waals surface area contributed by atoms with Crippen LogP contribution in [0.4, 0.5) is 0 Å². The smallest absolute Gasteiger partial charge is 0.318 e. The molecule has 0 spiro atoms. The molecule has 21 heavy (non-hydrogen) atoms. The predicted octanol–water partition coefficient (Wildman–Crippen LogP) is 4.37. The highest BCUT2D eigenvalue weighted by Crippen LogP contribution is 2.32. The normalized spacial score (nSPS) is 12.0. The Hall–Kier alpha value is -2.07. The summed E-state index contributed by atoms with van der Waals surface area (Å²) in [6.45, 7) is 3.59. The Bertz CT molecular complexity index is 613. The van der Waals surface area contributed by atoms with Crippen molar-refractivity contribution in [1.29, 1.82) is 0 Å². The fourth-order valence-electron chi connectivity index (χ4n) is 1.81. The van der Waals surface area contributed by atoms with Crippen LogP contribution in [0.15, 0.2) is 53.6 Å². The van der Waals surface area contributed by atoms with E-state index in [2.05, 4.69) is 0 Å². The molecule has 0 unspecified atom stereocenters. The van der Waals surface area contributed by atoms with E-state index < -0.39 is 5.41 Å². The van der Waals surface area contributed by atoms with Gasteiger partial charge in [-0.3, -0.25) is 4.79 Å². The molecule has 1 aromatic heterocycles. The first-order valence-corrected chi connectivity index (χ1v) is 7.49. The van der Waals surface area contributed by atoms with Gasteiger partial charge in [-0.2, -0.15) is 0 Å². The summed E-state index contributed by atoms with van der Waals surface area (Å²) in [7, 11) is 1.38. The van der Waals surface area contributed by atoms with E-state index in [1.54, 1.807) is 25.2 Å². The average Bonchev–Trinajstić information content (AvgIpc) is 2.99. The monoisotopic (exact) mass is 302 g/mol. The second kappa shape index (κ2) is 6.59. The Morgan fingerprint density at radius 3 is 2.43 bits per heavy atom. The molecule has 2 rings (SSSR count). The quantitative estimate of drug-likeness (QED) is 0.608. The van der Waals surface area contributed by atoms with Crippen molar-refractivity contribution in [3.8, 4) is 5.75 Å². The first-order valence-electron chi connectivity index (χ1n) is 6.61. The van der Waals surface area contributed by atoms with E-state index in [0.29, 0.717) is 11.5 Å². The molecular weight excluding hydrogens is 284 g/mol. The van der Waals surface area contributed by atoms with E-state index in [1.165, 1.54) is 7.11 Å². The van der Waals surface area contributed by atoms with Gasteiger partial charge in [0.15, 0.2) is 0 Å². The van der Waals surface area contributed by atoms with E-state index in [9.17, 15) is 4.79 Å². The lowest BCUT2D eigenvalue weighted by Crippen LogP contribution is -2.30. The van der Waals surface area contributed by atoms with Crippen LogP contribution in [0.5, 0.6) is 5.75 Å². The zero-order valence-electron chi connectivity index (χ0n) is 12.3. The molecule has 0 amide bonds. The van der Waals surface area contributed by atoms with Crippen molar-refractivity contribution < 1.29 is 14.3 Å². The van der Waals surface area contributed by atoms with Gasteiger partial charge in [0.1, 0.15) is 16.9 Å². The molecule has 0 saturated heterocycles. The minimum atomic E-state index is -0.866. The SMILES string of the molecule is COC(=O)C(C)(C)/C(=C/c1cccs1)Oc1ccccc1. The van der Waals surface area contributed by atoms with Crippen LogP contribution >= 0.6 is 11.3 Å². The minimum absolute atomic E-state index is 0.332. The molecular formula is C17H18O3S. The number of thiophene rings is 1. The molecule has 3 nitrogen and oxygen atoms in total. The average molecular weight is 302 g/mol. The number of methoxy groups -OCH3 is 1. The van der Waals surface area contributed by atoms with Crippen molar-refractivity contribution in [3.05, 3.63) is 58.5 Å². The lowest BCUT2D eigenvalue weighted by Gasteiger charge is -2.25. The van der Waals surface area contributed by atoms with Crippen LogP contribution in [0, 0.1) is 5.41 Å². The van der Waals surface area contributed by atoms with Gasteiger partial charge < -0.3 is 9.47 Å². The standard InChI is InChI=1S/C17H18O3S/c1-17(2,16(18)19-3)15(12-14-10-7-11-21-14)20-13-8-5-4-6-9-13/h4-12H,1-3H3/b15-12-. The minimum Gasteiger partial charge on any atom is -0.468 e. The molecule has 2 aromatic rings. The molecule has 0 aliphatic carbocycles. The number of carbonyl (C=O) groups excluding carboxylic acids is 1. The number of para-hydroxylation sites is 1. The third kappa shape index (κ3) is 3.73. The van der Waals surface area contributed by atoms with E-state index in [4.69, 9.17) is 9.47 Å². The number of ether oxygens (including phenoxy) is 2. The van der Waals surface area contributed by atoms with Crippen LogP contribution in [-0.4, -0.2) is 13.1 Å². The first kappa shape index (κ1) is 15.3. The molecule has 0 bridgehead atoms. The lowest BCUT2D eigenvalue weighted by atomic mass is 9.90. The summed E-state index contributed by atoms with van der Waals surface area (Å²) in [5.74, 6) is 0.918. The van der Waals surface area contributed by atoms with Crippen molar-refractivity contribution in [2.75, 3.05) is 7.11 Å². The van der Waals surface area contributed by atoms with Crippen LogP contribution in [0.1, 0.15) is 18.7 Å². The number of hydrogen-bond donors (Lipinski definition) is 0. The van der Waals surface area contributed by atoms with Crippen molar-refractivity contribution >= 4 is 23.4 Å². The van der Waals surface area contributed by atoms with E-state index in [0.717, 1.165) is 4.88 Å². The van der Waals surface area contributed by atoms with E-state index in [1.807, 2.05) is 53.9 Å². The first-order chi connectivity index (χ1) is 10.0. The maximum absolute atomic E-state index is 12.1. The molecule has 0 N–H and O–H groups in total. The number of carbonyl (C=O) groups is 1. The molecule has 1 aromatic carbocycles. The third-order valence-electron chi connectivity index (χ3n) is 3.10. The van der Waals surface area contributed by atoms with Gasteiger partial charge in [-0.25, -0.2) is 0 Å². The van der Waals surface area contributed by atoms with Crippen LogP contribution in [0.25, 0.3) is 6.08 Å². The molecule has 1 heterocycles. The Kier molecular flexibility index (Phi) is 4.81. The van der Waals surface area contributed by atoms with Gasteiger partial charge in [0.25, 0.3) is 0 Å². The van der Waals surface area contributed by atoms with Gasteiger partial charge in [-0.05, 0) is 43.5 Å². The van der Waals surface area contributed by atoms with Crippen molar-refractivity contribution in [2.24, 2.45) is 5.41 Å². The summed E-state index contributed by atoms with van der Waals surface area (Å²) in [6.07, 6.45) is 1.88. The van der Waals surface area contributed by atoms with E-state index in [-0.39, 0.29) is 5.97 Å². The van der Waals surface area contributed by atoms with Crippen LogP contribution in [-0.2, 0) is 9.53 Å². The molecule has 0 fully saturated rings. The summed E-state index contributed by atoms with van der Waals surface area (Å²) in [5, 5.41) is 1.98. The zero-order chi connectivity index (χ0) is 15.3. The molecule has 0 radical (unpaired) electrons. The fourth-order valence-corrected chi connectivity index (χ4v) is 2.46. The molecule has 0 aliphatic heterocycles. The zero-order valence-corrected chi connectivity index (χ0v) is 13.1. The number of hydrogen-bond acceptors (Lipinski definition) is 4. The van der Waals surface area contributed by atoms with Gasteiger partial charge >= 0.3 is 5.97 Å². The van der Waals surface area contributed by atoms with Crippen molar-refractivity contribution in [2.45, 2.75) is 13.8 Å². The highest BCUT2D eigenvalue weighted by Gasteiger charge is 2.35. The van der Waals surface area contributed by atoms with Gasteiger partial charge in [-0.1, -0.05) is 24.3 Å². The highest BCUT2D eigenvalue weighted by molar-refractivity contribution is 7.10. The van der Waals surface area contributed by atoms with E-state index >= 15 is 0 Å². The van der Waals surface area contributed by atoms with Gasteiger partial charge in [0.05, 0.1) is 7.11 Å². The molecule has 110 valence electrons. The summed E-state index contributed by atoms with van der Waals surface area (Å²) in [6, 6.07) is 13.4. The molecule has 4 heteroatoms. The summed E-state index contributed by atoms with van der Waals surface area (Å²) < 4.78 is 10.8. The highest BCUT2D eigenvalue weighted by atomic mass is 32.1. The third-order valence-corrected chi connectivity index (χ3v) is 3.92. The largest absolute Gasteiger partial charge is 0.468 e.